The number of halogens is 1. The molecule has 1 N–H and O–H groups in total. The summed E-state index contributed by atoms with van der Waals surface area (Å²) in [4.78, 5) is 20.7. The normalized spacial score (nSPS) is 10.8. The van der Waals surface area contributed by atoms with E-state index in [4.69, 9.17) is 4.74 Å². The minimum Gasteiger partial charge on any atom is -0.467 e. The molecule has 0 fully saturated rings. The van der Waals surface area contributed by atoms with E-state index >= 15 is 0 Å². The highest BCUT2D eigenvalue weighted by atomic mass is 79.9. The zero-order valence-electron chi connectivity index (χ0n) is 15.7. The van der Waals surface area contributed by atoms with Gasteiger partial charge in [-0.1, -0.05) is 70.2 Å². The molecule has 0 spiro atoms. The smallest absolute Gasteiger partial charge is 0.278 e. The fourth-order valence-corrected chi connectivity index (χ4v) is 3.58. The molecule has 3 rings (SSSR count). The van der Waals surface area contributed by atoms with Gasteiger partial charge in [-0.3, -0.25) is 4.79 Å². The topological polar surface area (TPSA) is 76.5 Å². The summed E-state index contributed by atoms with van der Waals surface area (Å²) >= 11 is 4.91. The van der Waals surface area contributed by atoms with Gasteiger partial charge in [-0.25, -0.2) is 10.4 Å². The molecule has 1 amide bonds. The third-order valence-electron chi connectivity index (χ3n) is 3.62. The largest absolute Gasteiger partial charge is 0.467 e. The first-order valence-corrected chi connectivity index (χ1v) is 10.6. The van der Waals surface area contributed by atoms with Crippen LogP contribution in [0.15, 0.2) is 75.4 Å². The van der Waals surface area contributed by atoms with Crippen LogP contribution < -0.4 is 10.2 Å². The first-order chi connectivity index (χ1) is 14.1. The summed E-state index contributed by atoms with van der Waals surface area (Å²) in [5.74, 6) is 0.749. The highest BCUT2D eigenvalue weighted by Crippen LogP contribution is 2.21. The number of nitrogens with zero attached hydrogens (tertiary/aromatic N) is 3. The van der Waals surface area contributed by atoms with Gasteiger partial charge in [-0.2, -0.15) is 10.1 Å². The second kappa shape index (κ2) is 10.7. The Balaban J connectivity index is 1.50. The summed E-state index contributed by atoms with van der Waals surface area (Å²) in [6.45, 7) is 1.68. The lowest BCUT2D eigenvalue weighted by Crippen LogP contribution is -2.24. The number of carbonyl (C=O) groups excluding carboxylic acids is 1. The number of hydrogen-bond acceptors (Lipinski definition) is 6. The van der Waals surface area contributed by atoms with Crippen LogP contribution in [0.3, 0.4) is 0 Å². The third kappa shape index (κ3) is 7.32. The zero-order valence-corrected chi connectivity index (χ0v) is 18.1. The van der Waals surface area contributed by atoms with Gasteiger partial charge in [0.25, 0.3) is 5.91 Å². The number of thioether (sulfide) groups is 1. The van der Waals surface area contributed by atoms with Crippen molar-refractivity contribution in [2.75, 3.05) is 6.61 Å². The highest BCUT2D eigenvalue weighted by molar-refractivity contribution is 9.10. The monoisotopic (exact) mass is 470 g/mol. The SMILES string of the molecule is Cc1cc(OCC(=O)NN=Cc2cccc(Br)c2)nc(SCc2ccccc2)n1. The van der Waals surface area contributed by atoms with Crippen molar-refractivity contribution in [1.82, 2.24) is 15.4 Å². The molecule has 0 aliphatic carbocycles. The van der Waals surface area contributed by atoms with E-state index in [2.05, 4.69) is 48.6 Å². The molecule has 3 aromatic rings. The summed E-state index contributed by atoms with van der Waals surface area (Å²) in [5, 5.41) is 4.54. The Morgan fingerprint density at radius 2 is 2.00 bits per heavy atom. The lowest BCUT2D eigenvalue weighted by atomic mass is 10.2. The Labute approximate surface area is 181 Å². The molecule has 0 unspecified atom stereocenters. The van der Waals surface area contributed by atoms with Crippen molar-refractivity contribution in [3.05, 3.63) is 82.0 Å². The Bertz CT molecular complexity index is 999. The van der Waals surface area contributed by atoms with Gasteiger partial charge < -0.3 is 4.74 Å². The number of hydrazone groups is 1. The van der Waals surface area contributed by atoms with Crippen LogP contribution in [-0.4, -0.2) is 28.7 Å². The van der Waals surface area contributed by atoms with Crippen LogP contribution in [0.4, 0.5) is 0 Å². The van der Waals surface area contributed by atoms with Crippen molar-refractivity contribution in [1.29, 1.82) is 0 Å². The zero-order chi connectivity index (χ0) is 20.5. The predicted octanol–water partition coefficient (Wildman–Crippen LogP) is 4.37. The Kier molecular flexibility index (Phi) is 7.77. The van der Waals surface area contributed by atoms with E-state index < -0.39 is 0 Å². The van der Waals surface area contributed by atoms with Gasteiger partial charge in [0.2, 0.25) is 5.88 Å². The number of benzene rings is 2. The second-order valence-electron chi connectivity index (χ2n) is 6.04. The summed E-state index contributed by atoms with van der Waals surface area (Å²) < 4.78 is 6.45. The van der Waals surface area contributed by atoms with Crippen LogP contribution in [0.5, 0.6) is 5.88 Å². The van der Waals surface area contributed by atoms with E-state index in [-0.39, 0.29) is 12.5 Å². The molecule has 148 valence electrons. The number of hydrogen-bond donors (Lipinski definition) is 1. The van der Waals surface area contributed by atoms with Gasteiger partial charge >= 0.3 is 0 Å². The lowest BCUT2D eigenvalue weighted by Gasteiger charge is -2.07. The fourth-order valence-electron chi connectivity index (χ4n) is 2.31. The minimum absolute atomic E-state index is 0.185. The third-order valence-corrected chi connectivity index (χ3v) is 5.04. The lowest BCUT2D eigenvalue weighted by molar-refractivity contribution is -0.123. The van der Waals surface area contributed by atoms with Crippen LogP contribution in [0, 0.1) is 6.92 Å². The maximum atomic E-state index is 11.9. The van der Waals surface area contributed by atoms with Crippen LogP contribution in [-0.2, 0) is 10.5 Å². The number of aryl methyl sites for hydroxylation is 1. The standard InChI is InChI=1S/C21H19BrN4O2S/c1-15-10-20(25-21(24-15)29-14-16-6-3-2-4-7-16)28-13-19(27)26-23-12-17-8-5-9-18(22)11-17/h2-12H,13-14H2,1H3,(H,26,27). The van der Waals surface area contributed by atoms with E-state index in [1.807, 2.05) is 49.4 Å². The van der Waals surface area contributed by atoms with Crippen molar-refractivity contribution < 1.29 is 9.53 Å². The van der Waals surface area contributed by atoms with Gasteiger partial charge in [0.15, 0.2) is 11.8 Å². The van der Waals surface area contributed by atoms with E-state index in [9.17, 15) is 4.79 Å². The maximum absolute atomic E-state index is 11.9. The van der Waals surface area contributed by atoms with Gasteiger partial charge in [0.1, 0.15) is 0 Å². The molecule has 6 nitrogen and oxygen atoms in total. The Hall–Kier alpha value is -2.71. The molecule has 8 heteroatoms. The molecule has 0 radical (unpaired) electrons. The molecule has 0 aliphatic rings. The van der Waals surface area contributed by atoms with Crippen molar-refractivity contribution in [2.24, 2.45) is 5.10 Å². The van der Waals surface area contributed by atoms with Crippen molar-refractivity contribution in [3.8, 4) is 5.88 Å². The summed E-state index contributed by atoms with van der Waals surface area (Å²) in [5.41, 5.74) is 5.27. The second-order valence-corrected chi connectivity index (χ2v) is 7.90. The predicted molar refractivity (Wildman–Crippen MR) is 118 cm³/mol. The van der Waals surface area contributed by atoms with Gasteiger partial charge in [-0.05, 0) is 30.2 Å². The molecule has 0 aliphatic heterocycles. The molecule has 29 heavy (non-hydrogen) atoms. The molecule has 0 bridgehead atoms. The van der Waals surface area contributed by atoms with E-state index in [1.165, 1.54) is 17.3 Å². The van der Waals surface area contributed by atoms with E-state index in [0.29, 0.717) is 11.0 Å². The number of amides is 1. The Morgan fingerprint density at radius 1 is 1.17 bits per heavy atom. The molecule has 0 atom stereocenters. The number of carbonyl (C=O) groups is 1. The summed E-state index contributed by atoms with van der Waals surface area (Å²) in [6, 6.07) is 19.4. The van der Waals surface area contributed by atoms with Gasteiger partial charge in [0.05, 0.1) is 6.21 Å². The number of ether oxygens (including phenoxy) is 1. The average Bonchev–Trinajstić information content (AvgIpc) is 2.71. The van der Waals surface area contributed by atoms with Crippen molar-refractivity contribution >= 4 is 39.8 Å². The quantitative estimate of drug-likeness (QED) is 0.229. The molecule has 2 aromatic carbocycles. The van der Waals surface area contributed by atoms with Crippen molar-refractivity contribution in [2.45, 2.75) is 17.8 Å². The average molecular weight is 471 g/mol. The highest BCUT2D eigenvalue weighted by Gasteiger charge is 2.07. The minimum atomic E-state index is -0.369. The first-order valence-electron chi connectivity index (χ1n) is 8.81. The van der Waals surface area contributed by atoms with Crippen LogP contribution in [0.1, 0.15) is 16.8 Å². The maximum Gasteiger partial charge on any atom is 0.278 e. The van der Waals surface area contributed by atoms with Crippen LogP contribution >= 0.6 is 27.7 Å². The number of aromatic nitrogens is 2. The molecular weight excluding hydrogens is 452 g/mol. The molecule has 0 saturated carbocycles. The molecule has 1 heterocycles. The van der Waals surface area contributed by atoms with Gasteiger partial charge in [-0.15, -0.1) is 0 Å². The fraction of sp³-hybridized carbons (Fsp3) is 0.143. The number of rotatable bonds is 8. The Morgan fingerprint density at radius 3 is 2.79 bits per heavy atom. The van der Waals surface area contributed by atoms with E-state index in [1.54, 1.807) is 12.3 Å². The molecular formula is C21H19BrN4O2S. The van der Waals surface area contributed by atoms with Crippen molar-refractivity contribution in [3.63, 3.8) is 0 Å². The first kappa shape index (κ1) is 21.0. The van der Waals surface area contributed by atoms with Crippen LogP contribution in [0.25, 0.3) is 0 Å². The summed E-state index contributed by atoms with van der Waals surface area (Å²) in [6.07, 6.45) is 1.57. The van der Waals surface area contributed by atoms with Gasteiger partial charge in [0, 0.05) is 22.0 Å². The molecule has 0 saturated heterocycles. The molecule has 1 aromatic heterocycles. The van der Waals surface area contributed by atoms with E-state index in [0.717, 1.165) is 21.5 Å². The van der Waals surface area contributed by atoms with Crippen LogP contribution in [0.2, 0.25) is 0 Å². The summed E-state index contributed by atoms with van der Waals surface area (Å²) in [7, 11) is 0. The number of nitrogens with one attached hydrogen (secondary N) is 1.